The van der Waals surface area contributed by atoms with Crippen LogP contribution in [-0.4, -0.2) is 25.8 Å². The molecule has 19 heavy (non-hydrogen) atoms. The summed E-state index contributed by atoms with van der Waals surface area (Å²) in [4.78, 5) is 21.2. The lowest BCUT2D eigenvalue weighted by molar-refractivity contribution is -0.384. The number of aromatic carboxylic acids is 1. The Morgan fingerprint density at radius 3 is 2.79 bits per heavy atom. The van der Waals surface area contributed by atoms with Crippen molar-refractivity contribution in [2.75, 3.05) is 5.32 Å². The van der Waals surface area contributed by atoms with Gasteiger partial charge in [-0.15, -0.1) is 0 Å². The predicted molar refractivity (Wildman–Crippen MR) is 66.5 cm³/mol. The summed E-state index contributed by atoms with van der Waals surface area (Å²) in [5.74, 6) is -1.17. The zero-order chi connectivity index (χ0) is 14.0. The highest BCUT2D eigenvalue weighted by Gasteiger charge is 2.15. The maximum absolute atomic E-state index is 11.1. The number of carboxylic acid groups (broad SMARTS) is 1. The zero-order valence-electron chi connectivity index (χ0n) is 9.90. The molecule has 8 nitrogen and oxygen atoms in total. The maximum Gasteiger partial charge on any atom is 0.337 e. The van der Waals surface area contributed by atoms with Crippen molar-refractivity contribution < 1.29 is 14.8 Å². The third-order valence-electron chi connectivity index (χ3n) is 2.43. The molecule has 0 saturated heterocycles. The number of nitro benzene ring substituents is 1. The predicted octanol–water partition coefficient (Wildman–Crippen LogP) is 1.77. The first-order valence-electron chi connectivity index (χ1n) is 5.25. The number of hydrogen-bond acceptors (Lipinski definition) is 5. The summed E-state index contributed by atoms with van der Waals surface area (Å²) in [5.41, 5.74) is 0.464. The molecular formula is C11H10N4O4. The van der Waals surface area contributed by atoms with E-state index in [9.17, 15) is 14.9 Å². The largest absolute Gasteiger partial charge is 0.478 e. The molecule has 1 heterocycles. The van der Waals surface area contributed by atoms with E-state index in [1.54, 1.807) is 13.2 Å². The Balaban J connectivity index is 2.42. The third-order valence-corrected chi connectivity index (χ3v) is 2.43. The number of aromatic nitrogens is 2. The summed E-state index contributed by atoms with van der Waals surface area (Å²) in [6.45, 7) is 0. The van der Waals surface area contributed by atoms with Crippen LogP contribution in [0.2, 0.25) is 0 Å². The highest BCUT2D eigenvalue weighted by molar-refractivity contribution is 5.95. The second kappa shape index (κ2) is 4.77. The fraction of sp³-hybridized carbons (Fsp3) is 0.0909. The fourth-order valence-corrected chi connectivity index (χ4v) is 1.58. The average molecular weight is 262 g/mol. The number of carbonyl (C=O) groups is 1. The number of benzene rings is 1. The first-order valence-corrected chi connectivity index (χ1v) is 5.25. The first-order chi connectivity index (χ1) is 8.97. The van der Waals surface area contributed by atoms with Crippen LogP contribution >= 0.6 is 0 Å². The number of nitrogens with zero attached hydrogens (tertiary/aromatic N) is 3. The lowest BCUT2D eigenvalue weighted by Crippen LogP contribution is -2.03. The Kier molecular flexibility index (Phi) is 3.15. The number of anilines is 2. The Bertz CT molecular complexity index is 650. The van der Waals surface area contributed by atoms with Gasteiger partial charge in [0, 0.05) is 25.4 Å². The summed E-state index contributed by atoms with van der Waals surface area (Å²) >= 11 is 0. The molecule has 0 aliphatic rings. The van der Waals surface area contributed by atoms with Gasteiger partial charge in [0.15, 0.2) is 0 Å². The molecule has 0 unspecified atom stereocenters. The maximum atomic E-state index is 11.1. The van der Waals surface area contributed by atoms with E-state index >= 15 is 0 Å². The van der Waals surface area contributed by atoms with E-state index in [0.29, 0.717) is 5.69 Å². The average Bonchev–Trinajstić information content (AvgIpc) is 2.74. The van der Waals surface area contributed by atoms with Crippen LogP contribution in [0.3, 0.4) is 0 Å². The van der Waals surface area contributed by atoms with Crippen LogP contribution in [-0.2, 0) is 7.05 Å². The summed E-state index contributed by atoms with van der Waals surface area (Å²) in [6, 6.07) is 3.52. The van der Waals surface area contributed by atoms with Crippen molar-refractivity contribution in [1.82, 2.24) is 9.78 Å². The van der Waals surface area contributed by atoms with Crippen molar-refractivity contribution in [3.63, 3.8) is 0 Å². The van der Waals surface area contributed by atoms with Crippen molar-refractivity contribution in [3.8, 4) is 0 Å². The third kappa shape index (κ3) is 2.68. The van der Waals surface area contributed by atoms with E-state index in [-0.39, 0.29) is 16.9 Å². The summed E-state index contributed by atoms with van der Waals surface area (Å²) in [6.07, 6.45) is 3.12. The molecule has 98 valence electrons. The number of carboxylic acids is 1. The van der Waals surface area contributed by atoms with Gasteiger partial charge in [-0.25, -0.2) is 4.79 Å². The molecule has 0 spiro atoms. The summed E-state index contributed by atoms with van der Waals surface area (Å²) in [7, 11) is 1.71. The van der Waals surface area contributed by atoms with Crippen molar-refractivity contribution in [2.24, 2.45) is 7.05 Å². The lowest BCUT2D eigenvalue weighted by Gasteiger charge is -2.07. The molecule has 2 N–H and O–H groups in total. The minimum atomic E-state index is -1.17. The molecule has 0 atom stereocenters. The Morgan fingerprint density at radius 2 is 2.26 bits per heavy atom. The fourth-order valence-electron chi connectivity index (χ4n) is 1.58. The SMILES string of the molecule is Cn1cc(Nc2cc([N+](=O)[O-])ccc2C(=O)O)cn1. The number of nitrogens with one attached hydrogen (secondary N) is 1. The summed E-state index contributed by atoms with van der Waals surface area (Å²) in [5, 5.41) is 26.5. The van der Waals surface area contributed by atoms with Gasteiger partial charge in [0.2, 0.25) is 0 Å². The number of non-ortho nitro benzene ring substituents is 1. The molecule has 0 amide bonds. The Hall–Kier alpha value is -2.90. The molecule has 1 aromatic carbocycles. The normalized spacial score (nSPS) is 10.2. The van der Waals surface area contributed by atoms with E-state index in [2.05, 4.69) is 10.4 Å². The van der Waals surface area contributed by atoms with E-state index in [0.717, 1.165) is 6.07 Å². The Labute approximate surface area is 107 Å². The van der Waals surface area contributed by atoms with Crippen LogP contribution in [0.25, 0.3) is 0 Å². The minimum absolute atomic E-state index is 0.0468. The van der Waals surface area contributed by atoms with Crippen molar-refractivity contribution in [2.45, 2.75) is 0 Å². The van der Waals surface area contributed by atoms with E-state index in [4.69, 9.17) is 5.11 Å². The van der Waals surface area contributed by atoms with Gasteiger partial charge in [-0.05, 0) is 6.07 Å². The van der Waals surface area contributed by atoms with Crippen LogP contribution in [0.1, 0.15) is 10.4 Å². The lowest BCUT2D eigenvalue weighted by atomic mass is 10.1. The van der Waals surface area contributed by atoms with Gasteiger partial charge in [-0.3, -0.25) is 14.8 Å². The quantitative estimate of drug-likeness (QED) is 0.641. The number of nitro groups is 1. The molecule has 0 fully saturated rings. The monoisotopic (exact) mass is 262 g/mol. The van der Waals surface area contributed by atoms with Crippen LogP contribution in [0.5, 0.6) is 0 Å². The Morgan fingerprint density at radius 1 is 1.53 bits per heavy atom. The number of aryl methyl sites for hydroxylation is 1. The smallest absolute Gasteiger partial charge is 0.337 e. The topological polar surface area (TPSA) is 110 Å². The molecule has 0 radical (unpaired) electrons. The van der Waals surface area contributed by atoms with Gasteiger partial charge in [-0.2, -0.15) is 5.10 Å². The molecule has 2 aromatic rings. The van der Waals surface area contributed by atoms with Crippen LogP contribution < -0.4 is 5.32 Å². The molecule has 8 heteroatoms. The van der Waals surface area contributed by atoms with Crippen molar-refractivity contribution >= 4 is 23.0 Å². The van der Waals surface area contributed by atoms with Crippen LogP contribution in [0.4, 0.5) is 17.1 Å². The van der Waals surface area contributed by atoms with Gasteiger partial charge in [0.05, 0.1) is 28.1 Å². The second-order valence-corrected chi connectivity index (χ2v) is 3.82. The van der Waals surface area contributed by atoms with Gasteiger partial charge in [0.1, 0.15) is 0 Å². The van der Waals surface area contributed by atoms with Crippen molar-refractivity contribution in [1.29, 1.82) is 0 Å². The zero-order valence-corrected chi connectivity index (χ0v) is 9.90. The molecule has 0 saturated carbocycles. The number of rotatable bonds is 4. The molecule has 0 bridgehead atoms. The van der Waals surface area contributed by atoms with Crippen LogP contribution in [0, 0.1) is 10.1 Å². The van der Waals surface area contributed by atoms with Gasteiger partial charge >= 0.3 is 5.97 Å². The van der Waals surface area contributed by atoms with Gasteiger partial charge in [0.25, 0.3) is 5.69 Å². The molecule has 1 aromatic heterocycles. The van der Waals surface area contributed by atoms with Gasteiger partial charge < -0.3 is 10.4 Å². The standard InChI is InChI=1S/C11H10N4O4/c1-14-6-7(5-12-14)13-10-4-8(15(18)19)2-3-9(10)11(16)17/h2-6,13H,1H3,(H,16,17). The minimum Gasteiger partial charge on any atom is -0.478 e. The second-order valence-electron chi connectivity index (χ2n) is 3.82. The molecule has 2 rings (SSSR count). The van der Waals surface area contributed by atoms with E-state index in [1.807, 2.05) is 0 Å². The van der Waals surface area contributed by atoms with E-state index < -0.39 is 10.9 Å². The van der Waals surface area contributed by atoms with Crippen molar-refractivity contribution in [3.05, 3.63) is 46.3 Å². The van der Waals surface area contributed by atoms with E-state index in [1.165, 1.54) is 23.0 Å². The summed E-state index contributed by atoms with van der Waals surface area (Å²) < 4.78 is 1.53. The first kappa shape index (κ1) is 12.6. The van der Waals surface area contributed by atoms with Gasteiger partial charge in [-0.1, -0.05) is 0 Å². The molecule has 0 aliphatic heterocycles. The highest BCUT2D eigenvalue weighted by Crippen LogP contribution is 2.25. The van der Waals surface area contributed by atoms with Crippen LogP contribution in [0.15, 0.2) is 30.6 Å². The molecular weight excluding hydrogens is 252 g/mol. The number of hydrogen-bond donors (Lipinski definition) is 2. The highest BCUT2D eigenvalue weighted by atomic mass is 16.6. The molecule has 0 aliphatic carbocycles.